The smallest absolute Gasteiger partial charge is 0.280 e. The number of ether oxygens (including phenoxy) is 1. The van der Waals surface area contributed by atoms with Crippen LogP contribution in [0.1, 0.15) is 35.3 Å². The molecule has 0 saturated carbocycles. The van der Waals surface area contributed by atoms with Gasteiger partial charge in [0, 0.05) is 17.7 Å². The van der Waals surface area contributed by atoms with Crippen molar-refractivity contribution in [3.05, 3.63) is 93.5 Å². The number of amides is 1. The van der Waals surface area contributed by atoms with Crippen molar-refractivity contribution in [2.75, 3.05) is 5.01 Å². The molecule has 0 saturated heterocycles. The average molecular weight is 475 g/mol. The molecule has 0 aliphatic heterocycles. The van der Waals surface area contributed by atoms with E-state index in [1.54, 1.807) is 36.4 Å². The van der Waals surface area contributed by atoms with Crippen molar-refractivity contribution in [2.24, 2.45) is 5.10 Å². The molecule has 0 unspecified atom stereocenters. The first-order valence-corrected chi connectivity index (χ1v) is 11.4. The topological polar surface area (TPSA) is 97.9 Å². The highest BCUT2D eigenvalue weighted by Crippen LogP contribution is 2.31. The summed E-state index contributed by atoms with van der Waals surface area (Å²) in [5.74, 6) is 0.313. The summed E-state index contributed by atoms with van der Waals surface area (Å²) in [6.07, 6.45) is 1.50. The molecule has 3 aromatic carbocycles. The summed E-state index contributed by atoms with van der Waals surface area (Å²) in [6.45, 7) is 5.86. The minimum absolute atomic E-state index is 0.0182. The number of rotatable bonds is 7. The predicted octanol–water partition coefficient (Wildman–Crippen LogP) is 5.98. The Morgan fingerprint density at radius 2 is 1.82 bits per heavy atom. The van der Waals surface area contributed by atoms with Crippen LogP contribution < -0.4 is 9.75 Å². The first-order valence-electron chi connectivity index (χ1n) is 10.6. The van der Waals surface area contributed by atoms with E-state index in [9.17, 15) is 14.9 Å². The number of nitrogens with zero attached hydrogens (tertiary/aromatic N) is 4. The summed E-state index contributed by atoms with van der Waals surface area (Å²) in [5, 5.41) is 17.0. The third kappa shape index (κ3) is 5.26. The Hall–Kier alpha value is -4.11. The maximum absolute atomic E-state index is 13.4. The number of hydrogen-bond donors (Lipinski definition) is 0. The minimum atomic E-state index is -0.466. The third-order valence-corrected chi connectivity index (χ3v) is 5.80. The Kier molecular flexibility index (Phi) is 6.65. The molecule has 0 N–H and O–H groups in total. The van der Waals surface area contributed by atoms with Crippen LogP contribution in [0.2, 0.25) is 0 Å². The van der Waals surface area contributed by atoms with E-state index in [1.165, 1.54) is 34.7 Å². The Morgan fingerprint density at radius 3 is 2.47 bits per heavy atom. The Morgan fingerprint density at radius 1 is 1.12 bits per heavy atom. The normalized spacial score (nSPS) is 11.3. The lowest BCUT2D eigenvalue weighted by Gasteiger charge is -2.15. The maximum Gasteiger partial charge on any atom is 0.280 e. The Labute approximate surface area is 200 Å². The number of nitro groups is 1. The lowest BCUT2D eigenvalue weighted by atomic mass is 10.2. The number of carbonyl (C=O) groups excluding carboxylic acids is 1. The highest BCUT2D eigenvalue weighted by Gasteiger charge is 2.21. The number of carbonyl (C=O) groups is 1. The number of hydrogen-bond acceptors (Lipinski definition) is 7. The van der Waals surface area contributed by atoms with Crippen molar-refractivity contribution in [3.63, 3.8) is 0 Å². The lowest BCUT2D eigenvalue weighted by Crippen LogP contribution is -2.25. The van der Waals surface area contributed by atoms with Crippen LogP contribution in [-0.4, -0.2) is 28.1 Å². The maximum atomic E-state index is 13.4. The number of fused-ring (bicyclic) bond motifs is 1. The van der Waals surface area contributed by atoms with E-state index >= 15 is 0 Å². The largest absolute Gasteiger partial charge is 0.491 e. The van der Waals surface area contributed by atoms with Gasteiger partial charge in [-0.25, -0.2) is 4.98 Å². The van der Waals surface area contributed by atoms with Gasteiger partial charge in [0.15, 0.2) is 0 Å². The first-order chi connectivity index (χ1) is 16.3. The summed E-state index contributed by atoms with van der Waals surface area (Å²) >= 11 is 1.36. The summed E-state index contributed by atoms with van der Waals surface area (Å²) in [5.41, 5.74) is 2.88. The SMILES string of the molecule is Cc1ccc2nc(N(/N=C/c3ccc([N+](=O)[O-])cc3)C(=O)c3ccc(OC(C)C)cc3)sc2c1. The molecule has 0 atom stereocenters. The molecule has 0 radical (unpaired) electrons. The van der Waals surface area contributed by atoms with Crippen LogP contribution in [0.15, 0.2) is 71.8 Å². The number of aryl methyl sites for hydroxylation is 1. The van der Waals surface area contributed by atoms with Gasteiger partial charge in [0.2, 0.25) is 5.13 Å². The Bertz CT molecular complexity index is 1360. The van der Waals surface area contributed by atoms with Gasteiger partial charge in [0.05, 0.1) is 27.5 Å². The summed E-state index contributed by atoms with van der Waals surface area (Å²) in [7, 11) is 0. The van der Waals surface area contributed by atoms with Crippen molar-refractivity contribution >= 4 is 44.5 Å². The van der Waals surface area contributed by atoms with Gasteiger partial charge in [-0.05, 0) is 80.4 Å². The fourth-order valence-corrected chi connectivity index (χ4v) is 4.20. The molecule has 0 aliphatic carbocycles. The van der Waals surface area contributed by atoms with E-state index < -0.39 is 4.92 Å². The first kappa shape index (κ1) is 23.1. The molecule has 9 heteroatoms. The number of aromatic nitrogens is 1. The van der Waals surface area contributed by atoms with Gasteiger partial charge in [-0.15, -0.1) is 0 Å². The van der Waals surface area contributed by atoms with Gasteiger partial charge in [0.1, 0.15) is 5.75 Å². The van der Waals surface area contributed by atoms with Gasteiger partial charge < -0.3 is 4.74 Å². The molecular weight excluding hydrogens is 452 g/mol. The van der Waals surface area contributed by atoms with Crippen LogP contribution in [-0.2, 0) is 0 Å². The Balaban J connectivity index is 1.69. The monoisotopic (exact) mass is 474 g/mol. The second kappa shape index (κ2) is 9.80. The number of thiazole rings is 1. The fraction of sp³-hybridized carbons (Fsp3) is 0.160. The molecule has 1 heterocycles. The standard InChI is InChI=1S/C25H22N4O4S/c1-16(2)33-21-11-7-19(8-12-21)24(30)28(25-27-22-13-4-17(3)14-23(22)34-25)26-15-18-5-9-20(10-6-18)29(31)32/h4-16H,1-3H3/b26-15+. The average Bonchev–Trinajstić information content (AvgIpc) is 3.22. The molecule has 34 heavy (non-hydrogen) atoms. The zero-order chi connectivity index (χ0) is 24.2. The molecule has 0 aliphatic rings. The zero-order valence-electron chi connectivity index (χ0n) is 18.8. The van der Waals surface area contributed by atoms with Crippen LogP contribution in [0.4, 0.5) is 10.8 Å². The number of nitro benzene ring substituents is 1. The molecule has 0 fully saturated rings. The van der Waals surface area contributed by atoms with Crippen molar-refractivity contribution < 1.29 is 14.5 Å². The molecule has 4 rings (SSSR count). The zero-order valence-corrected chi connectivity index (χ0v) is 19.7. The van der Waals surface area contributed by atoms with E-state index in [1.807, 2.05) is 39.0 Å². The molecule has 172 valence electrons. The van der Waals surface area contributed by atoms with Crippen LogP contribution >= 0.6 is 11.3 Å². The van der Waals surface area contributed by atoms with Crippen LogP contribution in [0.25, 0.3) is 10.2 Å². The molecule has 8 nitrogen and oxygen atoms in total. The van der Waals surface area contributed by atoms with E-state index in [-0.39, 0.29) is 17.7 Å². The van der Waals surface area contributed by atoms with E-state index in [0.29, 0.717) is 22.0 Å². The minimum Gasteiger partial charge on any atom is -0.491 e. The lowest BCUT2D eigenvalue weighted by molar-refractivity contribution is -0.384. The van der Waals surface area contributed by atoms with Crippen molar-refractivity contribution in [2.45, 2.75) is 26.9 Å². The van der Waals surface area contributed by atoms with Gasteiger partial charge >= 0.3 is 0 Å². The quantitative estimate of drug-likeness (QED) is 0.186. The predicted molar refractivity (Wildman–Crippen MR) is 134 cm³/mol. The summed E-state index contributed by atoms with van der Waals surface area (Å²) in [6, 6.07) is 18.7. The summed E-state index contributed by atoms with van der Waals surface area (Å²) < 4.78 is 6.61. The number of hydrazone groups is 1. The molecule has 1 aromatic heterocycles. The molecule has 4 aromatic rings. The molecule has 0 spiro atoms. The van der Waals surface area contributed by atoms with Crippen molar-refractivity contribution in [1.29, 1.82) is 0 Å². The molecule has 0 bridgehead atoms. The van der Waals surface area contributed by atoms with Crippen molar-refractivity contribution in [3.8, 4) is 5.75 Å². The van der Waals surface area contributed by atoms with Crippen LogP contribution in [0.5, 0.6) is 5.75 Å². The molecular formula is C25H22N4O4S. The van der Waals surface area contributed by atoms with Gasteiger partial charge in [-0.3, -0.25) is 14.9 Å². The van der Waals surface area contributed by atoms with E-state index in [4.69, 9.17) is 4.74 Å². The second-order valence-corrected chi connectivity index (χ2v) is 8.88. The van der Waals surface area contributed by atoms with Crippen LogP contribution in [0.3, 0.4) is 0 Å². The second-order valence-electron chi connectivity index (χ2n) is 7.87. The van der Waals surface area contributed by atoms with E-state index in [2.05, 4.69) is 10.1 Å². The highest BCUT2D eigenvalue weighted by atomic mass is 32.1. The highest BCUT2D eigenvalue weighted by molar-refractivity contribution is 7.22. The van der Waals surface area contributed by atoms with Gasteiger partial charge in [0.25, 0.3) is 11.6 Å². The molecule has 1 amide bonds. The number of non-ortho nitro benzene ring substituents is 1. The number of benzene rings is 3. The fourth-order valence-electron chi connectivity index (χ4n) is 3.18. The van der Waals surface area contributed by atoms with Gasteiger partial charge in [-0.1, -0.05) is 17.4 Å². The van der Waals surface area contributed by atoms with Crippen molar-refractivity contribution in [1.82, 2.24) is 4.98 Å². The van der Waals surface area contributed by atoms with Crippen LogP contribution in [0, 0.1) is 17.0 Å². The van der Waals surface area contributed by atoms with E-state index in [0.717, 1.165) is 15.8 Å². The third-order valence-electron chi connectivity index (χ3n) is 4.81. The van der Waals surface area contributed by atoms with Gasteiger partial charge in [-0.2, -0.15) is 10.1 Å². The summed E-state index contributed by atoms with van der Waals surface area (Å²) in [4.78, 5) is 28.5. The number of anilines is 1.